The maximum atomic E-state index is 12.3. The van der Waals surface area contributed by atoms with Gasteiger partial charge in [-0.3, -0.25) is 9.63 Å². The fourth-order valence-electron chi connectivity index (χ4n) is 4.54. The van der Waals surface area contributed by atoms with Crippen LogP contribution in [0.2, 0.25) is 0 Å². The van der Waals surface area contributed by atoms with E-state index in [0.29, 0.717) is 35.4 Å². The van der Waals surface area contributed by atoms with Crippen molar-refractivity contribution in [2.75, 3.05) is 67.5 Å². The van der Waals surface area contributed by atoms with Crippen molar-refractivity contribution < 1.29 is 14.4 Å². The first kappa shape index (κ1) is 25.0. The Morgan fingerprint density at radius 2 is 2.05 bits per heavy atom. The number of likely N-dealkylation sites (N-methyl/N-ethyl adjacent to an activating group) is 1. The third-order valence-corrected chi connectivity index (χ3v) is 7.50. The number of ether oxygens (including phenoxy) is 1. The molecule has 0 spiro atoms. The van der Waals surface area contributed by atoms with E-state index in [1.807, 2.05) is 29.3 Å². The van der Waals surface area contributed by atoms with Crippen molar-refractivity contribution in [2.45, 2.75) is 12.5 Å². The largest absolute Gasteiger partial charge is 0.494 e. The minimum absolute atomic E-state index is 0.112. The topological polar surface area (TPSA) is 95.1 Å². The van der Waals surface area contributed by atoms with Crippen molar-refractivity contribution in [1.82, 2.24) is 14.9 Å². The molecule has 2 N–H and O–H groups in total. The number of thiophene rings is 1. The van der Waals surface area contributed by atoms with Gasteiger partial charge in [-0.1, -0.05) is 12.6 Å². The average molecular weight is 522 g/mol. The van der Waals surface area contributed by atoms with Gasteiger partial charge in [0.05, 0.1) is 36.8 Å². The molecule has 2 aromatic heterocycles. The van der Waals surface area contributed by atoms with Crippen LogP contribution in [0.4, 0.5) is 28.7 Å². The van der Waals surface area contributed by atoms with Gasteiger partial charge >= 0.3 is 0 Å². The van der Waals surface area contributed by atoms with Crippen molar-refractivity contribution in [3.63, 3.8) is 0 Å². The Bertz CT molecular complexity index is 1240. The van der Waals surface area contributed by atoms with Crippen LogP contribution in [0.25, 0.3) is 0 Å². The van der Waals surface area contributed by atoms with E-state index in [1.54, 1.807) is 18.4 Å². The molecule has 0 bridgehead atoms. The molecular formula is C26H31N7O3S. The average Bonchev–Trinajstić information content (AvgIpc) is 3.62. The van der Waals surface area contributed by atoms with Gasteiger partial charge in [0, 0.05) is 49.6 Å². The highest BCUT2D eigenvalue weighted by molar-refractivity contribution is 7.10. The number of aromatic nitrogens is 2. The first-order valence-electron chi connectivity index (χ1n) is 12.2. The molecule has 37 heavy (non-hydrogen) atoms. The van der Waals surface area contributed by atoms with Gasteiger partial charge in [-0.15, -0.1) is 11.3 Å². The Morgan fingerprint density at radius 1 is 1.22 bits per heavy atom. The summed E-state index contributed by atoms with van der Waals surface area (Å²) in [4.78, 5) is 32.8. The number of benzene rings is 1. The van der Waals surface area contributed by atoms with Gasteiger partial charge < -0.3 is 25.2 Å². The third kappa shape index (κ3) is 5.53. The molecule has 1 aromatic carbocycles. The van der Waals surface area contributed by atoms with Crippen LogP contribution < -0.4 is 25.3 Å². The summed E-state index contributed by atoms with van der Waals surface area (Å²) in [5.74, 6) is 1.61. The van der Waals surface area contributed by atoms with Gasteiger partial charge in [0.1, 0.15) is 17.9 Å². The second-order valence-corrected chi connectivity index (χ2v) is 9.90. The zero-order chi connectivity index (χ0) is 25.8. The number of nitrogens with one attached hydrogen (secondary N) is 2. The van der Waals surface area contributed by atoms with E-state index in [4.69, 9.17) is 9.57 Å². The number of hydroxylamine groups is 1. The highest BCUT2D eigenvalue weighted by atomic mass is 32.1. The Balaban J connectivity index is 1.44. The Kier molecular flexibility index (Phi) is 7.54. The number of rotatable bonds is 8. The van der Waals surface area contributed by atoms with E-state index in [2.05, 4.69) is 55.5 Å². The van der Waals surface area contributed by atoms with Crippen molar-refractivity contribution in [2.24, 2.45) is 0 Å². The van der Waals surface area contributed by atoms with Gasteiger partial charge in [0.25, 0.3) is 0 Å². The lowest BCUT2D eigenvalue weighted by Crippen LogP contribution is -2.44. The van der Waals surface area contributed by atoms with Crippen molar-refractivity contribution in [3.8, 4) is 5.75 Å². The second kappa shape index (κ2) is 11.2. The number of amides is 1. The summed E-state index contributed by atoms with van der Waals surface area (Å²) in [6.07, 6.45) is 3.67. The molecule has 0 aliphatic carbocycles. The fourth-order valence-corrected chi connectivity index (χ4v) is 5.38. The lowest BCUT2D eigenvalue weighted by molar-refractivity contribution is -0.111. The number of anilines is 5. The molecule has 2 aliphatic rings. The van der Waals surface area contributed by atoms with Crippen LogP contribution >= 0.6 is 11.3 Å². The Hall–Kier alpha value is -3.67. The van der Waals surface area contributed by atoms with E-state index < -0.39 is 0 Å². The second-order valence-electron chi connectivity index (χ2n) is 8.92. The van der Waals surface area contributed by atoms with E-state index in [0.717, 1.165) is 38.3 Å². The number of carbonyl (C=O) groups excluding carboxylic acids is 1. The zero-order valence-corrected chi connectivity index (χ0v) is 21.8. The van der Waals surface area contributed by atoms with Crippen LogP contribution in [0.15, 0.2) is 54.7 Å². The van der Waals surface area contributed by atoms with Gasteiger partial charge in [0.2, 0.25) is 5.91 Å². The van der Waals surface area contributed by atoms with Gasteiger partial charge in [-0.2, -0.15) is 0 Å². The third-order valence-electron chi connectivity index (χ3n) is 6.52. The van der Waals surface area contributed by atoms with E-state index >= 15 is 0 Å². The normalized spacial score (nSPS) is 18.1. The Labute approximate surface area is 220 Å². The molecule has 1 atom stereocenters. The van der Waals surface area contributed by atoms with E-state index in [1.165, 1.54) is 17.3 Å². The molecular weight excluding hydrogens is 490 g/mol. The van der Waals surface area contributed by atoms with E-state index in [9.17, 15) is 4.79 Å². The summed E-state index contributed by atoms with van der Waals surface area (Å²) in [5, 5.41) is 10.2. The highest BCUT2D eigenvalue weighted by Crippen LogP contribution is 2.40. The van der Waals surface area contributed by atoms with Crippen LogP contribution in [0, 0.1) is 0 Å². The summed E-state index contributed by atoms with van der Waals surface area (Å²) in [7, 11) is 3.74. The predicted molar refractivity (Wildman–Crippen MR) is 147 cm³/mol. The molecule has 11 heteroatoms. The SMILES string of the molecule is C=CC(=O)Nc1cc(Nc2cc(N3OCC[C@@H]3c3cccs3)ncn2)c(OC)cc1N1CCN(C)CC1. The van der Waals surface area contributed by atoms with Crippen LogP contribution in [-0.4, -0.2) is 67.7 Å². The van der Waals surface area contributed by atoms with E-state index in [-0.39, 0.29) is 11.9 Å². The minimum Gasteiger partial charge on any atom is -0.494 e. The molecule has 0 saturated carbocycles. The van der Waals surface area contributed by atoms with Crippen molar-refractivity contribution >= 4 is 45.9 Å². The van der Waals surface area contributed by atoms with Gasteiger partial charge in [-0.05, 0) is 30.6 Å². The number of hydrogen-bond acceptors (Lipinski definition) is 10. The first-order valence-corrected chi connectivity index (χ1v) is 13.1. The molecule has 1 amide bonds. The molecule has 5 rings (SSSR count). The molecule has 194 valence electrons. The number of carbonyl (C=O) groups is 1. The van der Waals surface area contributed by atoms with Crippen molar-refractivity contribution in [1.29, 1.82) is 0 Å². The van der Waals surface area contributed by atoms with Crippen LogP contribution in [0.3, 0.4) is 0 Å². The Morgan fingerprint density at radius 3 is 2.78 bits per heavy atom. The number of hydrogen-bond donors (Lipinski definition) is 2. The first-order chi connectivity index (χ1) is 18.1. The molecule has 0 unspecified atom stereocenters. The number of piperazine rings is 1. The van der Waals surface area contributed by atoms with Crippen LogP contribution in [-0.2, 0) is 9.63 Å². The molecule has 2 fully saturated rings. The lowest BCUT2D eigenvalue weighted by atomic mass is 10.1. The predicted octanol–water partition coefficient (Wildman–Crippen LogP) is 4.05. The summed E-state index contributed by atoms with van der Waals surface area (Å²) in [6.45, 7) is 7.79. The number of methoxy groups -OCH3 is 1. The molecule has 0 radical (unpaired) electrons. The number of nitrogens with zero attached hydrogens (tertiary/aromatic N) is 5. The summed E-state index contributed by atoms with van der Waals surface area (Å²) >= 11 is 1.71. The van der Waals surface area contributed by atoms with Gasteiger partial charge in [0.15, 0.2) is 5.82 Å². The standard InChI is InChI=1S/C26H31N7O3S/c1-4-26(34)30-18-14-19(22(35-3)15-21(18)32-10-8-31(2)9-11-32)29-24-16-25(28-17-27-24)33-20(7-12-36-33)23-6-5-13-37-23/h4-6,13-17,20H,1,7-12H2,2-3H3,(H,30,34)(H,27,28,29)/t20-/m1/s1. The fraction of sp³-hybridized carbons (Fsp3) is 0.346. The maximum absolute atomic E-state index is 12.3. The molecule has 2 saturated heterocycles. The highest BCUT2D eigenvalue weighted by Gasteiger charge is 2.30. The molecule has 10 nitrogen and oxygen atoms in total. The van der Waals surface area contributed by atoms with Crippen LogP contribution in [0.1, 0.15) is 17.3 Å². The quantitative estimate of drug-likeness (QED) is 0.426. The monoisotopic (exact) mass is 521 g/mol. The summed E-state index contributed by atoms with van der Waals surface area (Å²) in [5.41, 5.74) is 2.24. The molecule has 4 heterocycles. The van der Waals surface area contributed by atoms with Crippen molar-refractivity contribution in [3.05, 3.63) is 59.6 Å². The molecule has 3 aromatic rings. The summed E-state index contributed by atoms with van der Waals surface area (Å²) in [6, 6.07) is 9.94. The zero-order valence-electron chi connectivity index (χ0n) is 21.0. The smallest absolute Gasteiger partial charge is 0.247 e. The molecule has 2 aliphatic heterocycles. The lowest BCUT2D eigenvalue weighted by Gasteiger charge is -2.35. The van der Waals surface area contributed by atoms with Gasteiger partial charge in [-0.25, -0.2) is 15.0 Å². The maximum Gasteiger partial charge on any atom is 0.247 e. The summed E-state index contributed by atoms with van der Waals surface area (Å²) < 4.78 is 5.74. The minimum atomic E-state index is -0.276. The van der Waals surface area contributed by atoms with Crippen LogP contribution in [0.5, 0.6) is 5.75 Å².